The number of aliphatic carboxylic acids is 1. The molecule has 0 aromatic rings. The number of carboxylic acids is 1. The van der Waals surface area contributed by atoms with E-state index in [4.69, 9.17) is 0 Å². The third kappa shape index (κ3) is 3.55. The van der Waals surface area contributed by atoms with E-state index < -0.39 is 5.97 Å². The smallest absolute Gasteiger partial charge is 0.308 e. The Morgan fingerprint density at radius 1 is 1.20 bits per heavy atom. The van der Waals surface area contributed by atoms with E-state index in [-0.39, 0.29) is 12.0 Å². The standard InChI is InChI=1S/C17H31NO2/c1-4-13-8-9-15(17(19)20)16(11-13)18(3)14-7-5-6-12(2)10-14/h12-16H,4-11H2,1-3H3,(H,19,20). The Hall–Kier alpha value is -0.570. The molecule has 0 spiro atoms. The highest BCUT2D eigenvalue weighted by atomic mass is 16.4. The molecule has 1 N–H and O–H groups in total. The molecule has 3 heteroatoms. The van der Waals surface area contributed by atoms with E-state index in [9.17, 15) is 9.90 Å². The molecule has 116 valence electrons. The quantitative estimate of drug-likeness (QED) is 0.852. The van der Waals surface area contributed by atoms with E-state index in [0.29, 0.717) is 6.04 Å². The predicted octanol–water partition coefficient (Wildman–Crippen LogP) is 3.78. The minimum atomic E-state index is -0.583. The van der Waals surface area contributed by atoms with Gasteiger partial charge in [-0.15, -0.1) is 0 Å². The van der Waals surface area contributed by atoms with Gasteiger partial charge in [0.2, 0.25) is 0 Å². The molecule has 0 amide bonds. The van der Waals surface area contributed by atoms with Gasteiger partial charge in [0, 0.05) is 12.1 Å². The maximum Gasteiger partial charge on any atom is 0.308 e. The Balaban J connectivity index is 2.06. The molecule has 5 unspecified atom stereocenters. The highest BCUT2D eigenvalue weighted by molar-refractivity contribution is 5.71. The van der Waals surface area contributed by atoms with Crippen molar-refractivity contribution in [1.29, 1.82) is 0 Å². The summed E-state index contributed by atoms with van der Waals surface area (Å²) in [6.45, 7) is 4.58. The van der Waals surface area contributed by atoms with E-state index >= 15 is 0 Å². The van der Waals surface area contributed by atoms with Crippen LogP contribution in [0.4, 0.5) is 0 Å². The lowest BCUT2D eigenvalue weighted by Crippen LogP contribution is -2.50. The number of rotatable bonds is 4. The molecule has 2 aliphatic carbocycles. The largest absolute Gasteiger partial charge is 0.481 e. The van der Waals surface area contributed by atoms with Gasteiger partial charge < -0.3 is 5.11 Å². The summed E-state index contributed by atoms with van der Waals surface area (Å²) < 4.78 is 0. The van der Waals surface area contributed by atoms with Crippen molar-refractivity contribution in [2.45, 2.75) is 77.3 Å². The van der Waals surface area contributed by atoms with Gasteiger partial charge in [0.1, 0.15) is 0 Å². The molecule has 2 aliphatic rings. The van der Waals surface area contributed by atoms with Crippen molar-refractivity contribution in [2.24, 2.45) is 17.8 Å². The Morgan fingerprint density at radius 2 is 1.95 bits per heavy atom. The van der Waals surface area contributed by atoms with E-state index in [2.05, 4.69) is 25.8 Å². The third-order valence-electron chi connectivity index (χ3n) is 5.83. The lowest BCUT2D eigenvalue weighted by molar-refractivity contribution is -0.146. The van der Waals surface area contributed by atoms with Crippen molar-refractivity contribution in [3.63, 3.8) is 0 Å². The first-order valence-corrected chi connectivity index (χ1v) is 8.47. The third-order valence-corrected chi connectivity index (χ3v) is 5.83. The second kappa shape index (κ2) is 6.93. The van der Waals surface area contributed by atoms with Gasteiger partial charge in [-0.25, -0.2) is 0 Å². The Labute approximate surface area is 123 Å². The Kier molecular flexibility index (Phi) is 5.48. The van der Waals surface area contributed by atoms with Crippen molar-refractivity contribution in [1.82, 2.24) is 4.90 Å². The number of carbonyl (C=O) groups is 1. The summed E-state index contributed by atoms with van der Waals surface area (Å²) >= 11 is 0. The molecular weight excluding hydrogens is 250 g/mol. The Morgan fingerprint density at radius 3 is 2.55 bits per heavy atom. The molecule has 0 heterocycles. The maximum absolute atomic E-state index is 11.6. The summed E-state index contributed by atoms with van der Waals surface area (Å²) in [7, 11) is 2.18. The molecule has 0 saturated heterocycles. The van der Waals surface area contributed by atoms with Crippen molar-refractivity contribution in [2.75, 3.05) is 7.05 Å². The van der Waals surface area contributed by atoms with Gasteiger partial charge >= 0.3 is 5.97 Å². The van der Waals surface area contributed by atoms with Crippen LogP contribution in [0.15, 0.2) is 0 Å². The fraction of sp³-hybridized carbons (Fsp3) is 0.941. The minimum Gasteiger partial charge on any atom is -0.481 e. The monoisotopic (exact) mass is 281 g/mol. The number of nitrogens with zero attached hydrogens (tertiary/aromatic N) is 1. The van der Waals surface area contributed by atoms with Gasteiger partial charge in [-0.05, 0) is 51.0 Å². The van der Waals surface area contributed by atoms with Gasteiger partial charge in [0.15, 0.2) is 0 Å². The molecule has 0 aromatic heterocycles. The van der Waals surface area contributed by atoms with Crippen LogP contribution in [-0.4, -0.2) is 35.1 Å². The second-order valence-corrected chi connectivity index (χ2v) is 7.19. The van der Waals surface area contributed by atoms with Crippen LogP contribution in [0.2, 0.25) is 0 Å². The van der Waals surface area contributed by atoms with Gasteiger partial charge in [-0.3, -0.25) is 9.69 Å². The zero-order chi connectivity index (χ0) is 14.7. The molecule has 0 aliphatic heterocycles. The summed E-state index contributed by atoms with van der Waals surface area (Å²) in [5.74, 6) is 0.782. The Bertz CT molecular complexity index is 331. The van der Waals surface area contributed by atoms with Crippen LogP contribution in [0, 0.1) is 17.8 Å². The number of hydrogen-bond acceptors (Lipinski definition) is 2. The molecule has 2 fully saturated rings. The molecule has 20 heavy (non-hydrogen) atoms. The molecule has 0 bridgehead atoms. The number of carboxylic acid groups (broad SMARTS) is 1. The SMILES string of the molecule is CCC1CCC(C(=O)O)C(N(C)C2CCCC(C)C2)C1. The molecule has 2 rings (SSSR count). The van der Waals surface area contributed by atoms with Crippen LogP contribution in [0.3, 0.4) is 0 Å². The van der Waals surface area contributed by atoms with Gasteiger partial charge in [-0.2, -0.15) is 0 Å². The predicted molar refractivity (Wildman–Crippen MR) is 81.7 cm³/mol. The van der Waals surface area contributed by atoms with Crippen molar-refractivity contribution in [3.05, 3.63) is 0 Å². The van der Waals surface area contributed by atoms with Gasteiger partial charge in [-0.1, -0.05) is 33.1 Å². The lowest BCUT2D eigenvalue weighted by Gasteiger charge is -2.44. The zero-order valence-corrected chi connectivity index (χ0v) is 13.3. The first kappa shape index (κ1) is 15.8. The minimum absolute atomic E-state index is 0.153. The molecule has 2 saturated carbocycles. The summed E-state index contributed by atoms with van der Waals surface area (Å²) in [5, 5.41) is 9.54. The first-order chi connectivity index (χ1) is 9.52. The van der Waals surface area contributed by atoms with Crippen LogP contribution in [-0.2, 0) is 4.79 Å². The molecular formula is C17H31NO2. The average Bonchev–Trinajstić information content (AvgIpc) is 2.45. The van der Waals surface area contributed by atoms with E-state index in [1.807, 2.05) is 0 Å². The highest BCUT2D eigenvalue weighted by Gasteiger charge is 2.39. The molecule has 3 nitrogen and oxygen atoms in total. The summed E-state index contributed by atoms with van der Waals surface area (Å²) in [6.07, 6.45) is 9.37. The summed E-state index contributed by atoms with van der Waals surface area (Å²) in [6, 6.07) is 0.850. The summed E-state index contributed by atoms with van der Waals surface area (Å²) in [5.41, 5.74) is 0. The van der Waals surface area contributed by atoms with Crippen molar-refractivity contribution in [3.8, 4) is 0 Å². The zero-order valence-electron chi connectivity index (χ0n) is 13.3. The van der Waals surface area contributed by atoms with Crippen molar-refractivity contribution >= 4 is 5.97 Å². The van der Waals surface area contributed by atoms with Crippen LogP contribution < -0.4 is 0 Å². The second-order valence-electron chi connectivity index (χ2n) is 7.19. The number of hydrogen-bond donors (Lipinski definition) is 1. The first-order valence-electron chi connectivity index (χ1n) is 8.47. The molecule has 0 radical (unpaired) electrons. The fourth-order valence-electron chi connectivity index (χ4n) is 4.38. The van der Waals surface area contributed by atoms with Crippen LogP contribution in [0.5, 0.6) is 0 Å². The molecule has 0 aromatic carbocycles. The normalized spacial score (nSPS) is 38.9. The fourth-order valence-corrected chi connectivity index (χ4v) is 4.38. The highest BCUT2D eigenvalue weighted by Crippen LogP contribution is 2.37. The lowest BCUT2D eigenvalue weighted by atomic mass is 9.75. The van der Waals surface area contributed by atoms with E-state index in [0.717, 1.165) is 31.1 Å². The van der Waals surface area contributed by atoms with Gasteiger partial charge in [0.05, 0.1) is 5.92 Å². The average molecular weight is 281 g/mol. The topological polar surface area (TPSA) is 40.5 Å². The molecule has 5 atom stereocenters. The van der Waals surface area contributed by atoms with Crippen LogP contribution in [0.1, 0.15) is 65.2 Å². The van der Waals surface area contributed by atoms with E-state index in [1.165, 1.54) is 32.1 Å². The van der Waals surface area contributed by atoms with Crippen LogP contribution >= 0.6 is 0 Å². The summed E-state index contributed by atoms with van der Waals surface area (Å²) in [4.78, 5) is 14.0. The van der Waals surface area contributed by atoms with Crippen LogP contribution in [0.25, 0.3) is 0 Å². The maximum atomic E-state index is 11.6. The van der Waals surface area contributed by atoms with E-state index in [1.54, 1.807) is 0 Å². The van der Waals surface area contributed by atoms with Crippen molar-refractivity contribution < 1.29 is 9.90 Å². The van der Waals surface area contributed by atoms with Gasteiger partial charge in [0.25, 0.3) is 0 Å².